The average molecular weight is 248 g/mol. The largest absolute Gasteiger partial charge is 0.352 e. The monoisotopic (exact) mass is 248 g/mol. The zero-order valence-corrected chi connectivity index (χ0v) is 10.5. The Morgan fingerprint density at radius 3 is 2.94 bits per heavy atom. The maximum Gasteiger partial charge on any atom is 0.255 e. The Bertz CT molecular complexity index is 402. The van der Waals surface area contributed by atoms with Gasteiger partial charge in [0, 0.05) is 12.7 Å². The van der Waals surface area contributed by atoms with Crippen LogP contribution in [-0.4, -0.2) is 17.4 Å². The van der Waals surface area contributed by atoms with Crippen molar-refractivity contribution in [1.29, 1.82) is 0 Å². The molecular weight excluding hydrogens is 228 g/mol. The Hall–Kier alpha value is -1.62. The van der Waals surface area contributed by atoms with Gasteiger partial charge in [-0.05, 0) is 24.5 Å². The lowest BCUT2D eigenvalue weighted by Gasteiger charge is -2.11. The third-order valence-electron chi connectivity index (χ3n) is 3.50. The van der Waals surface area contributed by atoms with Crippen molar-refractivity contribution in [2.75, 3.05) is 12.0 Å². The Labute approximate surface area is 107 Å². The van der Waals surface area contributed by atoms with Gasteiger partial charge in [-0.1, -0.05) is 25.7 Å². The van der Waals surface area contributed by atoms with Crippen LogP contribution in [0.15, 0.2) is 18.3 Å². The van der Waals surface area contributed by atoms with Crippen LogP contribution in [0.3, 0.4) is 0 Å². The average Bonchev–Trinajstić information content (AvgIpc) is 2.91. The standard InChI is InChI=1S/C13H20N4O/c14-17-12-11(6-3-8-15-12)13(18)16-9-7-10-4-1-2-5-10/h3,6,8,10H,1-2,4-5,7,9,14H2,(H,15,17)(H,16,18). The molecular formula is C13H20N4O. The smallest absolute Gasteiger partial charge is 0.255 e. The number of rotatable bonds is 5. The summed E-state index contributed by atoms with van der Waals surface area (Å²) >= 11 is 0. The fourth-order valence-electron chi connectivity index (χ4n) is 2.49. The molecule has 1 saturated carbocycles. The maximum absolute atomic E-state index is 12.0. The van der Waals surface area contributed by atoms with Crippen LogP contribution in [0.25, 0.3) is 0 Å². The normalized spacial score (nSPS) is 15.6. The van der Waals surface area contributed by atoms with Gasteiger partial charge < -0.3 is 10.7 Å². The Balaban J connectivity index is 1.83. The van der Waals surface area contributed by atoms with Crippen LogP contribution in [0, 0.1) is 5.92 Å². The summed E-state index contributed by atoms with van der Waals surface area (Å²) in [5.74, 6) is 6.40. The van der Waals surface area contributed by atoms with Crippen molar-refractivity contribution in [3.05, 3.63) is 23.9 Å². The number of anilines is 1. The molecule has 5 heteroatoms. The predicted molar refractivity (Wildman–Crippen MR) is 71.0 cm³/mol. The van der Waals surface area contributed by atoms with Gasteiger partial charge in [0.2, 0.25) is 0 Å². The van der Waals surface area contributed by atoms with Gasteiger partial charge in [-0.3, -0.25) is 4.79 Å². The number of carbonyl (C=O) groups is 1. The summed E-state index contributed by atoms with van der Waals surface area (Å²) in [6, 6.07) is 3.44. The summed E-state index contributed by atoms with van der Waals surface area (Å²) in [6.45, 7) is 0.725. The second-order valence-electron chi connectivity index (χ2n) is 4.74. The van der Waals surface area contributed by atoms with E-state index in [0.717, 1.165) is 18.9 Å². The first-order valence-electron chi connectivity index (χ1n) is 6.51. The molecule has 5 nitrogen and oxygen atoms in total. The lowest BCUT2D eigenvalue weighted by atomic mass is 10.0. The first-order chi connectivity index (χ1) is 8.81. The summed E-state index contributed by atoms with van der Waals surface area (Å²) in [5.41, 5.74) is 2.93. The van der Waals surface area contributed by atoms with E-state index in [1.807, 2.05) is 0 Å². The summed E-state index contributed by atoms with van der Waals surface area (Å²) < 4.78 is 0. The molecule has 0 aromatic carbocycles. The number of hydrazine groups is 1. The maximum atomic E-state index is 12.0. The number of pyridine rings is 1. The highest BCUT2D eigenvalue weighted by Crippen LogP contribution is 2.26. The van der Waals surface area contributed by atoms with Crippen molar-refractivity contribution >= 4 is 11.7 Å². The van der Waals surface area contributed by atoms with Crippen molar-refractivity contribution in [2.45, 2.75) is 32.1 Å². The van der Waals surface area contributed by atoms with Crippen LogP contribution in [0.1, 0.15) is 42.5 Å². The molecule has 0 radical (unpaired) electrons. The van der Waals surface area contributed by atoms with Crippen LogP contribution in [-0.2, 0) is 0 Å². The van der Waals surface area contributed by atoms with E-state index in [1.165, 1.54) is 25.7 Å². The molecule has 0 bridgehead atoms. The number of nitrogens with one attached hydrogen (secondary N) is 2. The van der Waals surface area contributed by atoms with E-state index in [-0.39, 0.29) is 5.91 Å². The van der Waals surface area contributed by atoms with Gasteiger partial charge in [0.05, 0.1) is 5.56 Å². The third kappa shape index (κ3) is 3.20. The van der Waals surface area contributed by atoms with E-state index in [4.69, 9.17) is 5.84 Å². The van der Waals surface area contributed by atoms with E-state index >= 15 is 0 Å². The summed E-state index contributed by atoms with van der Waals surface area (Å²) in [5, 5.41) is 2.93. The molecule has 0 unspecified atom stereocenters. The highest BCUT2D eigenvalue weighted by atomic mass is 16.1. The minimum atomic E-state index is -0.117. The molecule has 0 spiro atoms. The molecule has 4 N–H and O–H groups in total. The van der Waals surface area contributed by atoms with Gasteiger partial charge in [-0.25, -0.2) is 10.8 Å². The first kappa shape index (κ1) is 12.8. The second-order valence-corrected chi connectivity index (χ2v) is 4.74. The van der Waals surface area contributed by atoms with Gasteiger partial charge in [0.25, 0.3) is 5.91 Å². The highest BCUT2D eigenvalue weighted by molar-refractivity contribution is 5.98. The number of nitrogens with zero attached hydrogens (tertiary/aromatic N) is 1. The topological polar surface area (TPSA) is 80.0 Å². The molecule has 18 heavy (non-hydrogen) atoms. The molecule has 1 fully saturated rings. The number of nitrogen functional groups attached to an aromatic ring is 1. The minimum Gasteiger partial charge on any atom is -0.352 e. The fourth-order valence-corrected chi connectivity index (χ4v) is 2.49. The zero-order chi connectivity index (χ0) is 12.8. The van der Waals surface area contributed by atoms with Crippen molar-refractivity contribution in [1.82, 2.24) is 10.3 Å². The Morgan fingerprint density at radius 1 is 1.44 bits per heavy atom. The molecule has 1 aliphatic carbocycles. The lowest BCUT2D eigenvalue weighted by Crippen LogP contribution is -2.27. The quantitative estimate of drug-likeness (QED) is 0.547. The number of aromatic nitrogens is 1. The Kier molecular flexibility index (Phi) is 4.52. The second kappa shape index (κ2) is 6.35. The van der Waals surface area contributed by atoms with E-state index < -0.39 is 0 Å². The molecule has 1 aromatic rings. The predicted octanol–water partition coefficient (Wildman–Crippen LogP) is 1.68. The SMILES string of the molecule is NNc1ncccc1C(=O)NCCC1CCCC1. The molecule has 0 atom stereocenters. The third-order valence-corrected chi connectivity index (χ3v) is 3.50. The minimum absolute atomic E-state index is 0.117. The molecule has 1 heterocycles. The van der Waals surface area contributed by atoms with Gasteiger partial charge in [-0.15, -0.1) is 0 Å². The number of hydrogen-bond acceptors (Lipinski definition) is 4. The number of carbonyl (C=O) groups excluding carboxylic acids is 1. The first-order valence-corrected chi connectivity index (χ1v) is 6.51. The van der Waals surface area contributed by atoms with Crippen LogP contribution in [0.5, 0.6) is 0 Å². The molecule has 2 rings (SSSR count). The van der Waals surface area contributed by atoms with Crippen LogP contribution >= 0.6 is 0 Å². The van der Waals surface area contributed by atoms with Gasteiger partial charge in [-0.2, -0.15) is 0 Å². The van der Waals surface area contributed by atoms with Gasteiger partial charge >= 0.3 is 0 Å². The summed E-state index contributed by atoms with van der Waals surface area (Å²) in [6.07, 6.45) is 7.95. The van der Waals surface area contributed by atoms with E-state index in [0.29, 0.717) is 11.4 Å². The molecule has 98 valence electrons. The van der Waals surface area contributed by atoms with E-state index in [9.17, 15) is 4.79 Å². The fraction of sp³-hybridized carbons (Fsp3) is 0.538. The van der Waals surface area contributed by atoms with Crippen molar-refractivity contribution in [3.63, 3.8) is 0 Å². The van der Waals surface area contributed by atoms with E-state index in [2.05, 4.69) is 15.7 Å². The summed E-state index contributed by atoms with van der Waals surface area (Å²) in [7, 11) is 0. The summed E-state index contributed by atoms with van der Waals surface area (Å²) in [4.78, 5) is 16.0. The van der Waals surface area contributed by atoms with E-state index in [1.54, 1.807) is 18.3 Å². The van der Waals surface area contributed by atoms with Gasteiger partial charge in [0.1, 0.15) is 0 Å². The van der Waals surface area contributed by atoms with Crippen molar-refractivity contribution < 1.29 is 4.79 Å². The number of amides is 1. The van der Waals surface area contributed by atoms with Gasteiger partial charge in [0.15, 0.2) is 5.82 Å². The molecule has 1 aromatic heterocycles. The molecule has 1 aliphatic rings. The lowest BCUT2D eigenvalue weighted by molar-refractivity contribution is 0.0952. The number of hydrogen-bond donors (Lipinski definition) is 3. The molecule has 0 saturated heterocycles. The van der Waals surface area contributed by atoms with Crippen molar-refractivity contribution in [2.24, 2.45) is 11.8 Å². The molecule has 0 aliphatic heterocycles. The Morgan fingerprint density at radius 2 is 2.22 bits per heavy atom. The van der Waals surface area contributed by atoms with Crippen LogP contribution in [0.4, 0.5) is 5.82 Å². The highest BCUT2D eigenvalue weighted by Gasteiger charge is 2.16. The molecule has 1 amide bonds. The van der Waals surface area contributed by atoms with Crippen LogP contribution in [0.2, 0.25) is 0 Å². The zero-order valence-electron chi connectivity index (χ0n) is 10.5. The van der Waals surface area contributed by atoms with Crippen LogP contribution < -0.4 is 16.6 Å². The number of nitrogens with two attached hydrogens (primary N) is 1. The van der Waals surface area contributed by atoms with Crippen molar-refractivity contribution in [3.8, 4) is 0 Å².